The van der Waals surface area contributed by atoms with Gasteiger partial charge in [-0.3, -0.25) is 4.79 Å². The van der Waals surface area contributed by atoms with E-state index in [0.29, 0.717) is 12.0 Å². The summed E-state index contributed by atoms with van der Waals surface area (Å²) >= 11 is 3.51. The lowest BCUT2D eigenvalue weighted by Gasteiger charge is -2.21. The van der Waals surface area contributed by atoms with E-state index >= 15 is 0 Å². The molecule has 1 fully saturated rings. The number of hydrogen-bond donors (Lipinski definition) is 1. The number of rotatable bonds is 3. The Morgan fingerprint density at radius 3 is 2.79 bits per heavy atom. The van der Waals surface area contributed by atoms with Gasteiger partial charge in [-0.1, -0.05) is 32.4 Å². The summed E-state index contributed by atoms with van der Waals surface area (Å²) in [4.78, 5) is 12.4. The fraction of sp³-hybridized carbons (Fsp3) is 0.562. The van der Waals surface area contributed by atoms with Crippen LogP contribution in [0.15, 0.2) is 22.7 Å². The molecule has 104 valence electrons. The molecule has 2 rings (SSSR count). The molecule has 1 amide bonds. The summed E-state index contributed by atoms with van der Waals surface area (Å²) < 4.78 is 0.908. The Labute approximate surface area is 124 Å². The zero-order valence-electron chi connectivity index (χ0n) is 11.9. The van der Waals surface area contributed by atoms with Gasteiger partial charge in [0.15, 0.2) is 0 Å². The maximum atomic E-state index is 12.4. The van der Waals surface area contributed by atoms with Crippen molar-refractivity contribution in [2.24, 2.45) is 11.8 Å². The van der Waals surface area contributed by atoms with Crippen molar-refractivity contribution < 1.29 is 4.79 Å². The first-order valence-corrected chi connectivity index (χ1v) is 7.89. The van der Waals surface area contributed by atoms with E-state index < -0.39 is 0 Å². The quantitative estimate of drug-likeness (QED) is 0.882. The average molecular weight is 324 g/mol. The number of carbonyl (C=O) groups is 1. The molecule has 3 heteroatoms. The van der Waals surface area contributed by atoms with Crippen molar-refractivity contribution in [2.75, 3.05) is 0 Å². The standard InChI is InChI=1S/C16H22BrNO/c1-4-12-8-9-14(11(12)3)18-16(19)13-7-5-6-10(2)15(13)17/h5-7,11-12,14H,4,8-9H2,1-3H3,(H,18,19). The number of nitrogens with one attached hydrogen (secondary N) is 1. The molecule has 0 bridgehead atoms. The van der Waals surface area contributed by atoms with E-state index in [0.717, 1.165) is 27.9 Å². The third kappa shape index (κ3) is 3.02. The van der Waals surface area contributed by atoms with Crippen LogP contribution in [-0.4, -0.2) is 11.9 Å². The molecule has 0 aromatic heterocycles. The fourth-order valence-corrected chi connectivity index (χ4v) is 3.54. The zero-order valence-corrected chi connectivity index (χ0v) is 13.5. The summed E-state index contributed by atoms with van der Waals surface area (Å²) in [5, 5.41) is 3.21. The van der Waals surface area contributed by atoms with Crippen LogP contribution in [0.5, 0.6) is 0 Å². The van der Waals surface area contributed by atoms with E-state index in [1.807, 2.05) is 25.1 Å². The smallest absolute Gasteiger partial charge is 0.252 e. The molecular weight excluding hydrogens is 302 g/mol. The summed E-state index contributed by atoms with van der Waals surface area (Å²) in [5.74, 6) is 1.38. The first-order valence-electron chi connectivity index (χ1n) is 7.10. The minimum Gasteiger partial charge on any atom is -0.349 e. The van der Waals surface area contributed by atoms with E-state index in [1.54, 1.807) is 0 Å². The van der Waals surface area contributed by atoms with Crippen molar-refractivity contribution in [1.82, 2.24) is 5.32 Å². The van der Waals surface area contributed by atoms with Crippen molar-refractivity contribution in [2.45, 2.75) is 46.1 Å². The Morgan fingerprint density at radius 2 is 2.16 bits per heavy atom. The molecular formula is C16H22BrNO. The summed E-state index contributed by atoms with van der Waals surface area (Å²) in [6.45, 7) is 6.51. The molecule has 1 saturated carbocycles. The van der Waals surface area contributed by atoms with Gasteiger partial charge in [-0.25, -0.2) is 0 Å². The second-order valence-corrected chi connectivity index (χ2v) is 6.41. The van der Waals surface area contributed by atoms with Crippen LogP contribution in [0.1, 0.15) is 49.0 Å². The number of benzene rings is 1. The molecule has 1 aromatic rings. The van der Waals surface area contributed by atoms with Crippen molar-refractivity contribution >= 4 is 21.8 Å². The molecule has 0 saturated heterocycles. The van der Waals surface area contributed by atoms with Gasteiger partial charge in [0.1, 0.15) is 0 Å². The van der Waals surface area contributed by atoms with Crippen LogP contribution in [0, 0.1) is 18.8 Å². The topological polar surface area (TPSA) is 29.1 Å². The number of aryl methyl sites for hydroxylation is 1. The SMILES string of the molecule is CCC1CCC(NC(=O)c2cccc(C)c2Br)C1C. The van der Waals surface area contributed by atoms with Crippen LogP contribution in [0.25, 0.3) is 0 Å². The van der Waals surface area contributed by atoms with Crippen molar-refractivity contribution in [3.05, 3.63) is 33.8 Å². The van der Waals surface area contributed by atoms with Gasteiger partial charge in [0.25, 0.3) is 5.91 Å². The van der Waals surface area contributed by atoms with Gasteiger partial charge in [-0.15, -0.1) is 0 Å². The van der Waals surface area contributed by atoms with Gasteiger partial charge in [0.05, 0.1) is 5.56 Å². The Balaban J connectivity index is 2.08. The predicted octanol–water partition coefficient (Wildman–Crippen LogP) is 4.31. The summed E-state index contributed by atoms with van der Waals surface area (Å²) in [5.41, 5.74) is 1.84. The summed E-state index contributed by atoms with van der Waals surface area (Å²) in [6, 6.07) is 6.14. The monoisotopic (exact) mass is 323 g/mol. The van der Waals surface area contributed by atoms with E-state index in [-0.39, 0.29) is 5.91 Å². The molecule has 1 aliphatic rings. The third-order valence-electron chi connectivity index (χ3n) is 4.50. The average Bonchev–Trinajstić information content (AvgIpc) is 2.73. The van der Waals surface area contributed by atoms with E-state index in [9.17, 15) is 4.79 Å². The van der Waals surface area contributed by atoms with E-state index in [1.165, 1.54) is 12.8 Å². The van der Waals surface area contributed by atoms with Gasteiger partial charge in [0.2, 0.25) is 0 Å². The second kappa shape index (κ2) is 6.08. The maximum Gasteiger partial charge on any atom is 0.252 e. The number of carbonyl (C=O) groups excluding carboxylic acids is 1. The van der Waals surface area contributed by atoms with Crippen molar-refractivity contribution in [3.8, 4) is 0 Å². The molecule has 2 nitrogen and oxygen atoms in total. The zero-order chi connectivity index (χ0) is 14.0. The Kier molecular flexibility index (Phi) is 4.67. The third-order valence-corrected chi connectivity index (χ3v) is 5.56. The molecule has 1 aliphatic carbocycles. The summed E-state index contributed by atoms with van der Waals surface area (Å²) in [7, 11) is 0. The highest BCUT2D eigenvalue weighted by molar-refractivity contribution is 9.10. The van der Waals surface area contributed by atoms with Crippen LogP contribution in [0.4, 0.5) is 0 Å². The van der Waals surface area contributed by atoms with Gasteiger partial charge in [0, 0.05) is 10.5 Å². The van der Waals surface area contributed by atoms with E-state index in [2.05, 4.69) is 35.1 Å². The van der Waals surface area contributed by atoms with E-state index in [4.69, 9.17) is 0 Å². The highest BCUT2D eigenvalue weighted by Crippen LogP contribution is 2.34. The normalized spacial score (nSPS) is 26.4. The van der Waals surface area contributed by atoms with Crippen LogP contribution in [0.2, 0.25) is 0 Å². The lowest BCUT2D eigenvalue weighted by Crippen LogP contribution is -2.37. The van der Waals surface area contributed by atoms with Crippen LogP contribution >= 0.6 is 15.9 Å². The number of amides is 1. The lowest BCUT2D eigenvalue weighted by atomic mass is 9.93. The molecule has 1 aromatic carbocycles. The molecule has 0 spiro atoms. The van der Waals surface area contributed by atoms with Crippen molar-refractivity contribution in [1.29, 1.82) is 0 Å². The van der Waals surface area contributed by atoms with Crippen LogP contribution < -0.4 is 5.32 Å². The number of halogens is 1. The molecule has 19 heavy (non-hydrogen) atoms. The maximum absolute atomic E-state index is 12.4. The second-order valence-electron chi connectivity index (χ2n) is 5.62. The highest BCUT2D eigenvalue weighted by Gasteiger charge is 2.32. The van der Waals surface area contributed by atoms with Gasteiger partial charge in [-0.2, -0.15) is 0 Å². The summed E-state index contributed by atoms with van der Waals surface area (Å²) in [6.07, 6.45) is 3.55. The van der Waals surface area contributed by atoms with Crippen molar-refractivity contribution in [3.63, 3.8) is 0 Å². The Hall–Kier alpha value is -0.830. The largest absolute Gasteiger partial charge is 0.349 e. The molecule has 0 heterocycles. The minimum absolute atomic E-state index is 0.0455. The molecule has 1 N–H and O–H groups in total. The fourth-order valence-electron chi connectivity index (χ4n) is 3.10. The number of hydrogen-bond acceptors (Lipinski definition) is 1. The highest BCUT2D eigenvalue weighted by atomic mass is 79.9. The van der Waals surface area contributed by atoms with Gasteiger partial charge < -0.3 is 5.32 Å². The lowest BCUT2D eigenvalue weighted by molar-refractivity contribution is 0.0925. The van der Waals surface area contributed by atoms with Crippen LogP contribution in [0.3, 0.4) is 0 Å². The Morgan fingerprint density at radius 1 is 1.42 bits per heavy atom. The molecule has 3 atom stereocenters. The Bertz CT molecular complexity index is 472. The van der Waals surface area contributed by atoms with Gasteiger partial charge in [-0.05, 0) is 59.2 Å². The minimum atomic E-state index is 0.0455. The molecule has 3 unspecified atom stereocenters. The first-order chi connectivity index (χ1) is 9.04. The molecule has 0 aliphatic heterocycles. The first kappa shape index (κ1) is 14.6. The predicted molar refractivity (Wildman–Crippen MR) is 82.3 cm³/mol. The molecule has 0 radical (unpaired) electrons. The van der Waals surface area contributed by atoms with Crippen LogP contribution in [-0.2, 0) is 0 Å². The van der Waals surface area contributed by atoms with Gasteiger partial charge >= 0.3 is 0 Å².